The SMILES string of the molecule is CC#CCN1CCC(n2nc(-c3ccc(Oc4ccccc4)cc3)c(C(N)=O)c2N)CC1. The van der Waals surface area contributed by atoms with E-state index in [0.717, 1.165) is 43.8 Å². The number of carbonyl (C=O) groups is 1. The molecule has 2 heterocycles. The molecular weight excluding hydrogens is 402 g/mol. The van der Waals surface area contributed by atoms with Crippen molar-refractivity contribution in [1.82, 2.24) is 14.7 Å². The molecule has 3 aromatic rings. The highest BCUT2D eigenvalue weighted by atomic mass is 16.5. The van der Waals surface area contributed by atoms with Gasteiger partial charge in [0.1, 0.15) is 28.6 Å². The Labute approximate surface area is 188 Å². The summed E-state index contributed by atoms with van der Waals surface area (Å²) in [5.74, 6) is 7.23. The minimum absolute atomic E-state index is 0.119. The fourth-order valence-electron chi connectivity index (χ4n) is 3.99. The number of nitrogens with zero attached hydrogens (tertiary/aromatic N) is 3. The van der Waals surface area contributed by atoms with Crippen molar-refractivity contribution in [3.8, 4) is 34.6 Å². The lowest BCUT2D eigenvalue weighted by atomic mass is 10.0. The molecule has 0 unspecified atom stereocenters. The van der Waals surface area contributed by atoms with Gasteiger partial charge in [-0.3, -0.25) is 9.69 Å². The molecule has 1 saturated heterocycles. The van der Waals surface area contributed by atoms with E-state index in [1.54, 1.807) is 4.68 Å². The Hall–Kier alpha value is -3.76. The van der Waals surface area contributed by atoms with Crippen LogP contribution in [0.2, 0.25) is 0 Å². The summed E-state index contributed by atoms with van der Waals surface area (Å²) in [7, 11) is 0. The standard InChI is InChI=1S/C25H27N5O2/c1-2-3-15-29-16-13-19(14-17-29)30-24(26)22(25(27)31)23(28-30)18-9-11-21(12-10-18)32-20-7-5-4-6-8-20/h4-12,19H,13-17,26H2,1H3,(H2,27,31). The number of likely N-dealkylation sites (tertiary alicyclic amines) is 1. The predicted octanol–water partition coefficient (Wildman–Crippen LogP) is 3.68. The molecule has 0 atom stereocenters. The third-order valence-corrected chi connectivity index (χ3v) is 5.68. The Balaban J connectivity index is 1.56. The van der Waals surface area contributed by atoms with Gasteiger partial charge in [-0.2, -0.15) is 5.10 Å². The van der Waals surface area contributed by atoms with Gasteiger partial charge >= 0.3 is 0 Å². The topological polar surface area (TPSA) is 99.4 Å². The summed E-state index contributed by atoms with van der Waals surface area (Å²) in [6.07, 6.45) is 1.78. The number of nitrogens with two attached hydrogens (primary N) is 2. The molecule has 1 fully saturated rings. The number of benzene rings is 2. The van der Waals surface area contributed by atoms with Crippen LogP contribution in [0, 0.1) is 11.8 Å². The normalized spacial score (nSPS) is 14.5. The lowest BCUT2D eigenvalue weighted by Gasteiger charge is -2.31. The average Bonchev–Trinajstić information content (AvgIpc) is 3.16. The summed E-state index contributed by atoms with van der Waals surface area (Å²) in [5, 5.41) is 4.73. The first-order valence-corrected chi connectivity index (χ1v) is 10.7. The van der Waals surface area contributed by atoms with Gasteiger partial charge in [-0.05, 0) is 56.2 Å². The molecule has 0 bridgehead atoms. The lowest BCUT2D eigenvalue weighted by molar-refractivity contribution is 0.100. The maximum absolute atomic E-state index is 12.2. The molecule has 7 nitrogen and oxygen atoms in total. The van der Waals surface area contributed by atoms with Crippen LogP contribution in [-0.4, -0.2) is 40.2 Å². The highest BCUT2D eigenvalue weighted by Gasteiger charge is 2.27. The molecule has 7 heteroatoms. The average molecular weight is 430 g/mol. The number of hydrogen-bond acceptors (Lipinski definition) is 5. The summed E-state index contributed by atoms with van der Waals surface area (Å²) >= 11 is 0. The highest BCUT2D eigenvalue weighted by Crippen LogP contribution is 2.33. The molecule has 164 valence electrons. The molecule has 1 aliphatic rings. The summed E-state index contributed by atoms with van der Waals surface area (Å²) in [6, 6.07) is 17.1. The molecule has 1 amide bonds. The number of piperidine rings is 1. The van der Waals surface area contributed by atoms with Crippen LogP contribution in [0.15, 0.2) is 54.6 Å². The molecular formula is C25H27N5O2. The summed E-state index contributed by atoms with van der Waals surface area (Å²) in [6.45, 7) is 4.44. The number of nitrogen functional groups attached to an aromatic ring is 1. The number of amides is 1. The summed E-state index contributed by atoms with van der Waals surface area (Å²) in [5.41, 5.74) is 13.6. The maximum Gasteiger partial charge on any atom is 0.254 e. The van der Waals surface area contributed by atoms with Crippen molar-refractivity contribution < 1.29 is 9.53 Å². The lowest BCUT2D eigenvalue weighted by Crippen LogP contribution is -2.35. The van der Waals surface area contributed by atoms with E-state index in [9.17, 15) is 4.79 Å². The number of carbonyl (C=O) groups excluding carboxylic acids is 1. The Morgan fingerprint density at radius 1 is 1.09 bits per heavy atom. The zero-order chi connectivity index (χ0) is 22.5. The van der Waals surface area contributed by atoms with E-state index in [1.165, 1.54) is 0 Å². The Bertz CT molecular complexity index is 1130. The monoisotopic (exact) mass is 429 g/mol. The van der Waals surface area contributed by atoms with Crippen LogP contribution in [-0.2, 0) is 0 Å². The number of rotatable bonds is 6. The summed E-state index contributed by atoms with van der Waals surface area (Å²) in [4.78, 5) is 14.5. The molecule has 0 saturated carbocycles. The first-order chi connectivity index (χ1) is 15.6. The van der Waals surface area contributed by atoms with Gasteiger partial charge in [0.25, 0.3) is 5.91 Å². The smallest absolute Gasteiger partial charge is 0.254 e. The largest absolute Gasteiger partial charge is 0.457 e. The molecule has 2 aromatic carbocycles. The van der Waals surface area contributed by atoms with Crippen LogP contribution in [0.5, 0.6) is 11.5 Å². The fourth-order valence-corrected chi connectivity index (χ4v) is 3.99. The zero-order valence-electron chi connectivity index (χ0n) is 18.1. The first-order valence-electron chi connectivity index (χ1n) is 10.7. The minimum atomic E-state index is -0.580. The van der Waals surface area contributed by atoms with Gasteiger partial charge in [0.15, 0.2) is 0 Å². The fraction of sp³-hybridized carbons (Fsp3) is 0.280. The quantitative estimate of drug-likeness (QED) is 0.582. The zero-order valence-corrected chi connectivity index (χ0v) is 18.1. The Morgan fingerprint density at radius 3 is 2.38 bits per heavy atom. The number of anilines is 1. The van der Waals surface area contributed by atoms with E-state index in [4.69, 9.17) is 21.3 Å². The molecule has 32 heavy (non-hydrogen) atoms. The van der Waals surface area contributed by atoms with E-state index >= 15 is 0 Å². The van der Waals surface area contributed by atoms with Crippen molar-refractivity contribution in [3.05, 3.63) is 60.2 Å². The third kappa shape index (κ3) is 4.61. The molecule has 4 rings (SSSR count). The van der Waals surface area contributed by atoms with Gasteiger partial charge in [0.2, 0.25) is 0 Å². The Morgan fingerprint density at radius 2 is 1.75 bits per heavy atom. The highest BCUT2D eigenvalue weighted by molar-refractivity contribution is 6.03. The van der Waals surface area contributed by atoms with Gasteiger partial charge in [0.05, 0.1) is 12.6 Å². The van der Waals surface area contributed by atoms with Crippen LogP contribution >= 0.6 is 0 Å². The Kier molecular flexibility index (Phi) is 6.43. The molecule has 0 aliphatic carbocycles. The molecule has 4 N–H and O–H groups in total. The van der Waals surface area contributed by atoms with Crippen LogP contribution in [0.25, 0.3) is 11.3 Å². The van der Waals surface area contributed by atoms with Gasteiger partial charge in [0, 0.05) is 18.7 Å². The number of para-hydroxylation sites is 1. The van der Waals surface area contributed by atoms with Crippen molar-refractivity contribution in [3.63, 3.8) is 0 Å². The van der Waals surface area contributed by atoms with Crippen LogP contribution in [0.4, 0.5) is 5.82 Å². The van der Waals surface area contributed by atoms with E-state index in [-0.39, 0.29) is 11.6 Å². The van der Waals surface area contributed by atoms with Crippen LogP contribution in [0.3, 0.4) is 0 Å². The van der Waals surface area contributed by atoms with Crippen LogP contribution < -0.4 is 16.2 Å². The molecule has 1 aromatic heterocycles. The predicted molar refractivity (Wildman–Crippen MR) is 125 cm³/mol. The van der Waals surface area contributed by atoms with Crippen molar-refractivity contribution in [2.75, 3.05) is 25.4 Å². The number of hydrogen-bond donors (Lipinski definition) is 2. The number of ether oxygens (including phenoxy) is 1. The number of primary amides is 1. The molecule has 1 aliphatic heterocycles. The van der Waals surface area contributed by atoms with Crippen LogP contribution in [0.1, 0.15) is 36.2 Å². The van der Waals surface area contributed by atoms with Gasteiger partial charge in [-0.15, -0.1) is 5.92 Å². The van der Waals surface area contributed by atoms with Crippen molar-refractivity contribution in [1.29, 1.82) is 0 Å². The second-order valence-electron chi connectivity index (χ2n) is 7.79. The maximum atomic E-state index is 12.2. The van der Waals surface area contributed by atoms with E-state index in [2.05, 4.69) is 16.7 Å². The van der Waals surface area contributed by atoms with Gasteiger partial charge in [-0.1, -0.05) is 24.1 Å². The molecule has 0 radical (unpaired) electrons. The van der Waals surface area contributed by atoms with E-state index < -0.39 is 5.91 Å². The second-order valence-corrected chi connectivity index (χ2v) is 7.79. The van der Waals surface area contributed by atoms with Gasteiger partial charge < -0.3 is 16.2 Å². The van der Waals surface area contributed by atoms with Crippen molar-refractivity contribution >= 4 is 11.7 Å². The number of aromatic nitrogens is 2. The van der Waals surface area contributed by atoms with E-state index in [0.29, 0.717) is 17.3 Å². The second kappa shape index (κ2) is 9.58. The summed E-state index contributed by atoms with van der Waals surface area (Å²) < 4.78 is 7.62. The molecule has 0 spiro atoms. The third-order valence-electron chi connectivity index (χ3n) is 5.68. The first kappa shape index (κ1) is 21.5. The van der Waals surface area contributed by atoms with Crippen molar-refractivity contribution in [2.24, 2.45) is 5.73 Å². The van der Waals surface area contributed by atoms with Crippen molar-refractivity contribution in [2.45, 2.75) is 25.8 Å². The van der Waals surface area contributed by atoms with E-state index in [1.807, 2.05) is 61.5 Å². The minimum Gasteiger partial charge on any atom is -0.457 e. The van der Waals surface area contributed by atoms with Gasteiger partial charge in [-0.25, -0.2) is 4.68 Å².